The summed E-state index contributed by atoms with van der Waals surface area (Å²) in [5, 5.41) is 24.0. The Kier molecular flexibility index (Phi) is 4.77. The first kappa shape index (κ1) is 13.3. The van der Waals surface area contributed by atoms with E-state index in [2.05, 4.69) is 4.74 Å². The molecule has 6 nitrogen and oxygen atoms in total. The van der Waals surface area contributed by atoms with E-state index in [0.29, 0.717) is 11.1 Å². The average molecular weight is 240 g/mol. The number of hydrogen-bond donors (Lipinski definition) is 3. The summed E-state index contributed by atoms with van der Waals surface area (Å²) in [5.74, 6) is -1.10. The number of rotatable bonds is 2. The molecular weight excluding hydrogens is 228 g/mol. The lowest BCUT2D eigenvalue weighted by Crippen LogP contribution is -2.15. The smallest absolute Gasteiger partial charge is 0.346 e. The van der Waals surface area contributed by atoms with Crippen molar-refractivity contribution in [1.82, 2.24) is 0 Å². The van der Waals surface area contributed by atoms with Gasteiger partial charge < -0.3 is 20.1 Å². The van der Waals surface area contributed by atoms with Crippen LogP contribution in [0.25, 0.3) is 0 Å². The second kappa shape index (κ2) is 6.09. The Hall–Kier alpha value is -1.76. The van der Waals surface area contributed by atoms with Crippen LogP contribution in [-0.4, -0.2) is 46.6 Å². The van der Waals surface area contributed by atoms with Crippen molar-refractivity contribution in [2.24, 2.45) is 0 Å². The van der Waals surface area contributed by atoms with Crippen LogP contribution in [0.4, 0.5) is 0 Å². The van der Waals surface area contributed by atoms with Crippen LogP contribution in [0.1, 0.15) is 20.7 Å². The van der Waals surface area contributed by atoms with Crippen LogP contribution >= 0.6 is 0 Å². The third-order valence-corrected chi connectivity index (χ3v) is 1.97. The van der Waals surface area contributed by atoms with Gasteiger partial charge in [-0.3, -0.25) is 0 Å². The molecule has 0 radical (unpaired) electrons. The zero-order valence-corrected chi connectivity index (χ0v) is 8.87. The fourth-order valence-electron chi connectivity index (χ4n) is 1.09. The van der Waals surface area contributed by atoms with Crippen LogP contribution in [0.5, 0.6) is 0 Å². The monoisotopic (exact) mass is 240 g/mol. The van der Waals surface area contributed by atoms with Gasteiger partial charge in [-0.15, -0.1) is 0 Å². The van der Waals surface area contributed by atoms with Crippen LogP contribution < -0.4 is 0 Å². The zero-order valence-electron chi connectivity index (χ0n) is 8.87. The molecule has 0 bridgehead atoms. The number of ether oxygens (including phenoxy) is 1. The number of benzene rings is 1. The van der Waals surface area contributed by atoms with Gasteiger partial charge in [0.2, 0.25) is 0 Å². The van der Waals surface area contributed by atoms with Gasteiger partial charge in [-0.25, -0.2) is 9.59 Å². The Labute approximate surface area is 97.1 Å². The summed E-state index contributed by atoms with van der Waals surface area (Å²) >= 11 is 0. The maximum atomic E-state index is 10.8. The lowest BCUT2D eigenvalue weighted by molar-refractivity contribution is 0.0443. The molecule has 0 saturated heterocycles. The number of carbonyl (C=O) groups excluding carboxylic acids is 2. The standard InChI is InChI=1S/C8H4O3.C3H8O3/c9-7-5-3-1-2-4-6(5)8(10)11-7;4-1-3(6)2-5/h1-4H;3-6H,1-2H2. The van der Waals surface area contributed by atoms with Crippen molar-refractivity contribution in [3.8, 4) is 0 Å². The van der Waals surface area contributed by atoms with Gasteiger partial charge in [-0.05, 0) is 12.1 Å². The largest absolute Gasteiger partial charge is 0.394 e. The van der Waals surface area contributed by atoms with Crippen LogP contribution in [0, 0.1) is 0 Å². The number of carbonyl (C=O) groups is 2. The average Bonchev–Trinajstić information content (AvgIpc) is 2.66. The third-order valence-electron chi connectivity index (χ3n) is 1.97. The molecule has 0 amide bonds. The van der Waals surface area contributed by atoms with E-state index >= 15 is 0 Å². The molecule has 1 heterocycles. The van der Waals surface area contributed by atoms with E-state index in [9.17, 15) is 9.59 Å². The summed E-state index contributed by atoms with van der Waals surface area (Å²) in [7, 11) is 0. The molecule has 0 spiro atoms. The quantitative estimate of drug-likeness (QED) is 0.468. The van der Waals surface area contributed by atoms with E-state index in [1.54, 1.807) is 24.3 Å². The van der Waals surface area contributed by atoms with Crippen molar-refractivity contribution >= 4 is 11.9 Å². The molecule has 0 unspecified atom stereocenters. The first-order valence-electron chi connectivity index (χ1n) is 4.85. The minimum absolute atomic E-state index is 0.359. The summed E-state index contributed by atoms with van der Waals surface area (Å²) in [6, 6.07) is 6.53. The van der Waals surface area contributed by atoms with Gasteiger partial charge in [0.15, 0.2) is 0 Å². The molecule has 0 fully saturated rings. The number of esters is 2. The maximum absolute atomic E-state index is 10.8. The highest BCUT2D eigenvalue weighted by molar-refractivity contribution is 6.14. The molecule has 0 atom stereocenters. The zero-order chi connectivity index (χ0) is 12.8. The summed E-state index contributed by atoms with van der Waals surface area (Å²) in [6.07, 6.45) is -0.954. The van der Waals surface area contributed by atoms with Gasteiger partial charge in [0.1, 0.15) is 6.10 Å². The second-order valence-corrected chi connectivity index (χ2v) is 3.24. The van der Waals surface area contributed by atoms with Gasteiger partial charge in [0.05, 0.1) is 24.3 Å². The summed E-state index contributed by atoms with van der Waals surface area (Å²) < 4.78 is 4.35. The molecule has 0 aliphatic carbocycles. The molecule has 1 aliphatic rings. The fourth-order valence-corrected chi connectivity index (χ4v) is 1.09. The number of cyclic esters (lactones) is 2. The third kappa shape index (κ3) is 3.35. The van der Waals surface area contributed by atoms with E-state index in [0.717, 1.165) is 0 Å². The van der Waals surface area contributed by atoms with Crippen LogP contribution in [0.2, 0.25) is 0 Å². The summed E-state index contributed by atoms with van der Waals surface area (Å²) in [6.45, 7) is -0.729. The fraction of sp³-hybridized carbons (Fsp3) is 0.273. The highest BCUT2D eigenvalue weighted by Gasteiger charge is 2.28. The minimum Gasteiger partial charge on any atom is -0.394 e. The van der Waals surface area contributed by atoms with E-state index in [1.165, 1.54) is 0 Å². The van der Waals surface area contributed by atoms with E-state index in [-0.39, 0.29) is 13.2 Å². The lowest BCUT2D eigenvalue weighted by atomic mass is 10.1. The van der Waals surface area contributed by atoms with Crippen molar-refractivity contribution in [1.29, 1.82) is 0 Å². The van der Waals surface area contributed by atoms with E-state index < -0.39 is 18.0 Å². The number of hydrogen-bond acceptors (Lipinski definition) is 6. The molecule has 1 aliphatic heterocycles. The molecule has 0 aromatic heterocycles. The van der Waals surface area contributed by atoms with Crippen molar-refractivity contribution < 1.29 is 29.6 Å². The molecule has 1 aromatic carbocycles. The Morgan fingerprint density at radius 1 is 1.00 bits per heavy atom. The van der Waals surface area contributed by atoms with Crippen molar-refractivity contribution in [3.05, 3.63) is 35.4 Å². The van der Waals surface area contributed by atoms with Crippen molar-refractivity contribution in [2.75, 3.05) is 13.2 Å². The Balaban J connectivity index is 0.000000209. The van der Waals surface area contributed by atoms with Crippen molar-refractivity contribution in [2.45, 2.75) is 6.10 Å². The Bertz CT molecular complexity index is 377. The first-order chi connectivity index (χ1) is 8.10. The van der Waals surface area contributed by atoms with Gasteiger partial charge in [0.25, 0.3) is 0 Å². The molecule has 3 N–H and O–H groups in total. The molecule has 2 rings (SSSR count). The highest BCUT2D eigenvalue weighted by Crippen LogP contribution is 2.18. The number of fused-ring (bicyclic) bond motifs is 1. The molecule has 0 saturated carbocycles. The second-order valence-electron chi connectivity index (χ2n) is 3.24. The van der Waals surface area contributed by atoms with Gasteiger partial charge in [0, 0.05) is 0 Å². The SMILES string of the molecule is O=C1OC(=O)c2ccccc21.OCC(O)CO. The minimum atomic E-state index is -0.954. The molecule has 6 heteroatoms. The first-order valence-corrected chi connectivity index (χ1v) is 4.85. The topological polar surface area (TPSA) is 104 Å². The van der Waals surface area contributed by atoms with E-state index in [1.807, 2.05) is 0 Å². The maximum Gasteiger partial charge on any atom is 0.346 e. The summed E-state index contributed by atoms with van der Waals surface area (Å²) in [4.78, 5) is 21.7. The van der Waals surface area contributed by atoms with Gasteiger partial charge >= 0.3 is 11.9 Å². The number of aliphatic hydroxyl groups is 3. The Morgan fingerprint density at radius 3 is 1.71 bits per heavy atom. The molecule has 92 valence electrons. The Morgan fingerprint density at radius 2 is 1.41 bits per heavy atom. The number of aliphatic hydroxyl groups excluding tert-OH is 3. The van der Waals surface area contributed by atoms with Gasteiger partial charge in [-0.1, -0.05) is 12.1 Å². The van der Waals surface area contributed by atoms with Crippen molar-refractivity contribution in [3.63, 3.8) is 0 Å². The summed E-state index contributed by atoms with van der Waals surface area (Å²) in [5.41, 5.74) is 0.718. The lowest BCUT2D eigenvalue weighted by Gasteiger charge is -1.96. The van der Waals surface area contributed by atoms with Gasteiger partial charge in [-0.2, -0.15) is 0 Å². The van der Waals surface area contributed by atoms with Crippen LogP contribution in [0.3, 0.4) is 0 Å². The van der Waals surface area contributed by atoms with E-state index in [4.69, 9.17) is 15.3 Å². The molecule has 17 heavy (non-hydrogen) atoms. The predicted molar refractivity (Wildman–Crippen MR) is 56.4 cm³/mol. The highest BCUT2D eigenvalue weighted by atomic mass is 16.6. The van der Waals surface area contributed by atoms with Crippen LogP contribution in [0.15, 0.2) is 24.3 Å². The van der Waals surface area contributed by atoms with Crippen LogP contribution in [-0.2, 0) is 4.74 Å². The normalized spacial score (nSPS) is 12.9. The molecular formula is C11H12O6. The predicted octanol–water partition coefficient (Wildman–Crippen LogP) is -0.671. The molecule has 1 aromatic rings.